The quantitative estimate of drug-likeness (QED) is 0.717. The number of likely N-dealkylation sites (tertiary alicyclic amines) is 1. The molecule has 5 heteroatoms. The molecule has 3 rings (SSSR count). The molecule has 1 atom stereocenters. The first kappa shape index (κ1) is 18.4. The molecule has 0 saturated carbocycles. The van der Waals surface area contributed by atoms with Gasteiger partial charge in [-0.25, -0.2) is 4.98 Å². The van der Waals surface area contributed by atoms with Crippen molar-refractivity contribution in [2.45, 2.75) is 25.7 Å². The van der Waals surface area contributed by atoms with Gasteiger partial charge in [-0.05, 0) is 49.4 Å². The van der Waals surface area contributed by atoms with E-state index < -0.39 is 0 Å². The number of carbonyl (C=O) groups is 1. The van der Waals surface area contributed by atoms with Crippen molar-refractivity contribution in [2.24, 2.45) is 0 Å². The molecule has 1 aliphatic rings. The van der Waals surface area contributed by atoms with E-state index in [0.29, 0.717) is 19.0 Å². The molecular weight excluding hydrogens is 324 g/mol. The monoisotopic (exact) mass is 352 g/mol. The highest BCUT2D eigenvalue weighted by atomic mass is 16.2. The SMILES string of the molecule is Cc1ccc(NCCCNC(=O)CN2CC[C@@H](c3ccccc3)C2)nc1. The van der Waals surface area contributed by atoms with Gasteiger partial charge in [0.1, 0.15) is 5.82 Å². The maximum absolute atomic E-state index is 12.1. The van der Waals surface area contributed by atoms with Gasteiger partial charge in [-0.2, -0.15) is 0 Å². The highest BCUT2D eigenvalue weighted by Crippen LogP contribution is 2.26. The lowest BCUT2D eigenvalue weighted by Gasteiger charge is -2.16. The van der Waals surface area contributed by atoms with E-state index in [1.807, 2.05) is 31.3 Å². The van der Waals surface area contributed by atoms with E-state index in [-0.39, 0.29) is 5.91 Å². The molecule has 0 spiro atoms. The first-order valence-electron chi connectivity index (χ1n) is 9.41. The Bertz CT molecular complexity index is 687. The fraction of sp³-hybridized carbons (Fsp3) is 0.429. The number of pyridine rings is 1. The minimum absolute atomic E-state index is 0.118. The zero-order chi connectivity index (χ0) is 18.2. The second-order valence-corrected chi connectivity index (χ2v) is 6.98. The second-order valence-electron chi connectivity index (χ2n) is 6.98. The van der Waals surface area contributed by atoms with E-state index in [0.717, 1.165) is 43.9 Å². The Morgan fingerprint density at radius 1 is 1.19 bits per heavy atom. The Morgan fingerprint density at radius 3 is 2.81 bits per heavy atom. The molecule has 0 aliphatic carbocycles. The number of aryl methyl sites for hydroxylation is 1. The van der Waals surface area contributed by atoms with Gasteiger partial charge in [-0.1, -0.05) is 36.4 Å². The predicted octanol–water partition coefficient (Wildman–Crippen LogP) is 2.80. The highest BCUT2D eigenvalue weighted by molar-refractivity contribution is 5.78. The lowest BCUT2D eigenvalue weighted by molar-refractivity contribution is -0.122. The average molecular weight is 352 g/mol. The van der Waals surface area contributed by atoms with Crippen LogP contribution in [0.3, 0.4) is 0 Å². The Labute approximate surface area is 155 Å². The Morgan fingerprint density at radius 2 is 2.04 bits per heavy atom. The standard InChI is InChI=1S/C21H28N4O/c1-17-8-9-20(24-14-17)22-11-5-12-23-21(26)16-25-13-10-19(15-25)18-6-3-2-4-7-18/h2-4,6-9,14,19H,5,10-13,15-16H2,1H3,(H,22,24)(H,23,26)/t19-/m1/s1. The van der Waals surface area contributed by atoms with Crippen LogP contribution in [0.1, 0.15) is 29.9 Å². The summed E-state index contributed by atoms with van der Waals surface area (Å²) in [7, 11) is 0. The zero-order valence-electron chi connectivity index (χ0n) is 15.4. The van der Waals surface area contributed by atoms with Gasteiger partial charge in [0.15, 0.2) is 0 Å². The summed E-state index contributed by atoms with van der Waals surface area (Å²) in [5.41, 5.74) is 2.53. The molecule has 26 heavy (non-hydrogen) atoms. The van der Waals surface area contributed by atoms with E-state index >= 15 is 0 Å². The van der Waals surface area contributed by atoms with Crippen LogP contribution >= 0.6 is 0 Å². The van der Waals surface area contributed by atoms with Crippen LogP contribution in [0.5, 0.6) is 0 Å². The lowest BCUT2D eigenvalue weighted by atomic mass is 9.99. The predicted molar refractivity (Wildman–Crippen MR) is 105 cm³/mol. The van der Waals surface area contributed by atoms with Crippen molar-refractivity contribution in [2.75, 3.05) is 38.0 Å². The van der Waals surface area contributed by atoms with Crippen LogP contribution in [-0.4, -0.2) is 48.5 Å². The van der Waals surface area contributed by atoms with Crippen LogP contribution in [0.4, 0.5) is 5.82 Å². The van der Waals surface area contributed by atoms with Crippen molar-refractivity contribution in [1.29, 1.82) is 0 Å². The molecule has 2 aromatic rings. The average Bonchev–Trinajstić information content (AvgIpc) is 3.12. The van der Waals surface area contributed by atoms with Crippen molar-refractivity contribution in [1.82, 2.24) is 15.2 Å². The number of hydrogen-bond donors (Lipinski definition) is 2. The first-order chi connectivity index (χ1) is 12.7. The Kier molecular flexibility index (Phi) is 6.61. The summed E-state index contributed by atoms with van der Waals surface area (Å²) >= 11 is 0. The fourth-order valence-corrected chi connectivity index (χ4v) is 3.34. The lowest BCUT2D eigenvalue weighted by Crippen LogP contribution is -2.36. The molecule has 0 unspecified atom stereocenters. The number of nitrogens with one attached hydrogen (secondary N) is 2. The summed E-state index contributed by atoms with van der Waals surface area (Å²) in [6.07, 6.45) is 3.86. The molecule has 2 N–H and O–H groups in total. The third-order valence-corrected chi connectivity index (χ3v) is 4.80. The van der Waals surface area contributed by atoms with Gasteiger partial charge < -0.3 is 10.6 Å². The second kappa shape index (κ2) is 9.34. The number of aromatic nitrogens is 1. The van der Waals surface area contributed by atoms with Crippen LogP contribution in [0.15, 0.2) is 48.7 Å². The number of anilines is 1. The third-order valence-electron chi connectivity index (χ3n) is 4.80. The number of carbonyl (C=O) groups excluding carboxylic acids is 1. The number of nitrogens with zero attached hydrogens (tertiary/aromatic N) is 2. The molecule has 1 fully saturated rings. The van der Waals surface area contributed by atoms with E-state index in [9.17, 15) is 4.79 Å². The topological polar surface area (TPSA) is 57.3 Å². The molecule has 1 aromatic carbocycles. The number of hydrogen-bond acceptors (Lipinski definition) is 4. The number of amides is 1. The number of benzene rings is 1. The van der Waals surface area contributed by atoms with Crippen LogP contribution in [0.2, 0.25) is 0 Å². The summed E-state index contributed by atoms with van der Waals surface area (Å²) in [6.45, 7) is 5.97. The Hall–Kier alpha value is -2.40. The normalized spacial score (nSPS) is 17.2. The summed E-state index contributed by atoms with van der Waals surface area (Å²) in [4.78, 5) is 18.7. The smallest absolute Gasteiger partial charge is 0.234 e. The summed E-state index contributed by atoms with van der Waals surface area (Å²) in [5, 5.41) is 6.29. The fourth-order valence-electron chi connectivity index (χ4n) is 3.34. The van der Waals surface area contributed by atoms with E-state index in [2.05, 4.69) is 44.8 Å². The summed E-state index contributed by atoms with van der Waals surface area (Å²) < 4.78 is 0. The van der Waals surface area contributed by atoms with Crippen LogP contribution < -0.4 is 10.6 Å². The molecule has 0 bridgehead atoms. The largest absolute Gasteiger partial charge is 0.370 e. The van der Waals surface area contributed by atoms with E-state index in [4.69, 9.17) is 0 Å². The van der Waals surface area contributed by atoms with Crippen molar-refractivity contribution < 1.29 is 4.79 Å². The van der Waals surface area contributed by atoms with Crippen LogP contribution in [-0.2, 0) is 4.79 Å². The number of rotatable bonds is 8. The molecule has 5 nitrogen and oxygen atoms in total. The maximum Gasteiger partial charge on any atom is 0.234 e. The van der Waals surface area contributed by atoms with Gasteiger partial charge in [-0.15, -0.1) is 0 Å². The minimum atomic E-state index is 0.118. The molecule has 1 aromatic heterocycles. The van der Waals surface area contributed by atoms with E-state index in [1.54, 1.807) is 0 Å². The van der Waals surface area contributed by atoms with Gasteiger partial charge in [0.25, 0.3) is 0 Å². The van der Waals surface area contributed by atoms with Gasteiger partial charge in [-0.3, -0.25) is 9.69 Å². The van der Waals surface area contributed by atoms with Crippen molar-refractivity contribution in [3.05, 3.63) is 59.8 Å². The Balaban J connectivity index is 1.29. The molecule has 0 radical (unpaired) electrons. The molecule has 1 saturated heterocycles. The van der Waals surface area contributed by atoms with Crippen LogP contribution in [0, 0.1) is 6.92 Å². The third kappa shape index (κ3) is 5.56. The molecular formula is C21H28N4O. The summed E-state index contributed by atoms with van der Waals surface area (Å²) in [6, 6.07) is 14.6. The first-order valence-corrected chi connectivity index (χ1v) is 9.41. The maximum atomic E-state index is 12.1. The van der Waals surface area contributed by atoms with Gasteiger partial charge in [0.2, 0.25) is 5.91 Å². The highest BCUT2D eigenvalue weighted by Gasteiger charge is 2.24. The molecule has 1 amide bonds. The van der Waals surface area contributed by atoms with Crippen molar-refractivity contribution in [3.8, 4) is 0 Å². The van der Waals surface area contributed by atoms with Crippen LogP contribution in [0.25, 0.3) is 0 Å². The molecule has 1 aliphatic heterocycles. The molecule has 2 heterocycles. The van der Waals surface area contributed by atoms with Gasteiger partial charge in [0, 0.05) is 25.8 Å². The summed E-state index contributed by atoms with van der Waals surface area (Å²) in [5.74, 6) is 1.55. The van der Waals surface area contributed by atoms with Crippen molar-refractivity contribution in [3.63, 3.8) is 0 Å². The minimum Gasteiger partial charge on any atom is -0.370 e. The van der Waals surface area contributed by atoms with Crippen molar-refractivity contribution >= 4 is 11.7 Å². The molecule has 138 valence electrons. The zero-order valence-corrected chi connectivity index (χ0v) is 15.4. The van der Waals surface area contributed by atoms with Gasteiger partial charge in [0.05, 0.1) is 6.54 Å². The van der Waals surface area contributed by atoms with E-state index in [1.165, 1.54) is 5.56 Å². The van der Waals surface area contributed by atoms with Gasteiger partial charge >= 0.3 is 0 Å².